The molecule has 0 aromatic heterocycles. The summed E-state index contributed by atoms with van der Waals surface area (Å²) >= 11 is 5.82. The quantitative estimate of drug-likeness (QED) is 0.857. The Morgan fingerprint density at radius 2 is 1.90 bits per heavy atom. The van der Waals surface area contributed by atoms with Crippen molar-refractivity contribution in [3.8, 4) is 0 Å². The van der Waals surface area contributed by atoms with E-state index in [1.54, 1.807) is 0 Å². The average molecular weight is 323 g/mol. The maximum absolute atomic E-state index is 12.6. The normalized spacial score (nSPS) is 11.8. The summed E-state index contributed by atoms with van der Waals surface area (Å²) in [6.07, 6.45) is -4.26. The van der Waals surface area contributed by atoms with Crippen LogP contribution in [0.4, 0.5) is 18.9 Å². The zero-order chi connectivity index (χ0) is 16.0. The second-order valence-electron chi connectivity index (χ2n) is 4.52. The molecule has 3 nitrogen and oxygen atoms in total. The van der Waals surface area contributed by atoms with E-state index in [1.165, 1.54) is 0 Å². The summed E-state index contributed by atoms with van der Waals surface area (Å²) in [6.45, 7) is 6.13. The first-order valence-electron chi connectivity index (χ1n) is 6.66. The van der Waals surface area contributed by atoms with Crippen molar-refractivity contribution >= 4 is 23.2 Å². The largest absolute Gasteiger partial charge is 0.416 e. The molecule has 1 aromatic rings. The lowest BCUT2D eigenvalue weighted by atomic mass is 10.2. The van der Waals surface area contributed by atoms with Gasteiger partial charge < -0.3 is 10.2 Å². The molecule has 0 atom stereocenters. The highest BCUT2D eigenvalue weighted by Crippen LogP contribution is 2.33. The van der Waals surface area contributed by atoms with Gasteiger partial charge in [0.05, 0.1) is 16.3 Å². The van der Waals surface area contributed by atoms with Gasteiger partial charge in [-0.05, 0) is 31.3 Å². The minimum Gasteiger partial charge on any atom is -0.325 e. The molecule has 1 amide bonds. The van der Waals surface area contributed by atoms with E-state index < -0.39 is 11.7 Å². The number of halogens is 4. The van der Waals surface area contributed by atoms with Crippen LogP contribution in [0.5, 0.6) is 0 Å². The topological polar surface area (TPSA) is 32.3 Å². The first-order valence-corrected chi connectivity index (χ1v) is 7.04. The van der Waals surface area contributed by atoms with Crippen LogP contribution in [0, 0.1) is 0 Å². The molecule has 21 heavy (non-hydrogen) atoms. The highest BCUT2D eigenvalue weighted by Gasteiger charge is 2.31. The van der Waals surface area contributed by atoms with Crippen LogP contribution in [0.2, 0.25) is 5.02 Å². The van der Waals surface area contributed by atoms with E-state index in [4.69, 9.17) is 11.6 Å². The first-order chi connectivity index (χ1) is 9.77. The fraction of sp³-hybridized carbons (Fsp3) is 0.500. The maximum Gasteiger partial charge on any atom is 0.416 e. The molecule has 0 saturated heterocycles. The maximum atomic E-state index is 12.6. The van der Waals surface area contributed by atoms with E-state index in [1.807, 2.05) is 18.7 Å². The van der Waals surface area contributed by atoms with Gasteiger partial charge in [-0.25, -0.2) is 0 Å². The Morgan fingerprint density at radius 3 is 2.43 bits per heavy atom. The van der Waals surface area contributed by atoms with Crippen molar-refractivity contribution in [1.82, 2.24) is 4.90 Å². The van der Waals surface area contributed by atoms with E-state index in [0.717, 1.165) is 31.3 Å². The Balaban J connectivity index is 2.71. The lowest BCUT2D eigenvalue weighted by Crippen LogP contribution is -2.27. The third kappa shape index (κ3) is 5.55. The summed E-state index contributed by atoms with van der Waals surface area (Å²) in [5.41, 5.74) is -0.859. The molecule has 0 aliphatic heterocycles. The molecule has 0 aliphatic rings. The summed E-state index contributed by atoms with van der Waals surface area (Å²) in [4.78, 5) is 13.8. The van der Waals surface area contributed by atoms with Crippen LogP contribution in [0.1, 0.15) is 25.8 Å². The molecule has 0 saturated carbocycles. The first kappa shape index (κ1) is 17.8. The molecule has 1 N–H and O–H groups in total. The van der Waals surface area contributed by atoms with Crippen LogP contribution < -0.4 is 5.32 Å². The molecule has 118 valence electrons. The molecule has 0 radical (unpaired) electrons. The molecular weight excluding hydrogens is 305 g/mol. The Labute approximate surface area is 127 Å². The number of anilines is 1. The minimum absolute atomic E-state index is 0.0176. The smallest absolute Gasteiger partial charge is 0.325 e. The van der Waals surface area contributed by atoms with Gasteiger partial charge in [-0.3, -0.25) is 4.79 Å². The van der Waals surface area contributed by atoms with E-state index in [-0.39, 0.29) is 23.0 Å². The predicted octanol–water partition coefficient (Wildman–Crippen LogP) is 4.03. The molecule has 7 heteroatoms. The summed E-state index contributed by atoms with van der Waals surface area (Å²) < 4.78 is 37.9. The number of carbonyl (C=O) groups is 1. The number of hydrogen-bond donors (Lipinski definition) is 1. The van der Waals surface area contributed by atoms with Gasteiger partial charge in [0.15, 0.2) is 0 Å². The van der Waals surface area contributed by atoms with Crippen molar-refractivity contribution < 1.29 is 18.0 Å². The standard InChI is InChI=1S/C14H18ClF3N2O/c1-3-20(4-2)8-7-13(21)19-12-9-10(14(16,17)18)5-6-11(12)15/h5-6,9H,3-4,7-8H2,1-2H3,(H,19,21). The monoisotopic (exact) mass is 322 g/mol. The lowest BCUT2D eigenvalue weighted by Gasteiger charge is -2.17. The molecule has 0 spiro atoms. The molecule has 1 rings (SSSR count). The van der Waals surface area contributed by atoms with Crippen LogP contribution in [-0.2, 0) is 11.0 Å². The van der Waals surface area contributed by atoms with Gasteiger partial charge in [0.2, 0.25) is 5.91 Å². The number of amides is 1. The number of rotatable bonds is 6. The van der Waals surface area contributed by atoms with Crippen molar-refractivity contribution in [1.29, 1.82) is 0 Å². The Kier molecular flexibility index (Phi) is 6.48. The minimum atomic E-state index is -4.47. The van der Waals surface area contributed by atoms with Crippen molar-refractivity contribution in [3.63, 3.8) is 0 Å². The zero-order valence-electron chi connectivity index (χ0n) is 11.9. The van der Waals surface area contributed by atoms with Gasteiger partial charge in [0.1, 0.15) is 0 Å². The number of hydrogen-bond acceptors (Lipinski definition) is 2. The summed E-state index contributed by atoms with van der Waals surface area (Å²) in [5, 5.41) is 2.51. The average Bonchev–Trinajstić information content (AvgIpc) is 2.41. The van der Waals surface area contributed by atoms with Crippen molar-refractivity contribution in [3.05, 3.63) is 28.8 Å². The lowest BCUT2D eigenvalue weighted by molar-refractivity contribution is -0.137. The molecule has 0 bridgehead atoms. The Morgan fingerprint density at radius 1 is 1.29 bits per heavy atom. The summed E-state index contributed by atoms with van der Waals surface area (Å²) in [5.74, 6) is -0.358. The van der Waals surface area contributed by atoms with Gasteiger partial charge >= 0.3 is 6.18 Å². The fourth-order valence-corrected chi connectivity index (χ4v) is 1.97. The van der Waals surface area contributed by atoms with Crippen LogP contribution in [0.3, 0.4) is 0 Å². The van der Waals surface area contributed by atoms with Crippen molar-refractivity contribution in [2.75, 3.05) is 25.0 Å². The molecule has 0 heterocycles. The van der Waals surface area contributed by atoms with E-state index >= 15 is 0 Å². The number of benzene rings is 1. The summed E-state index contributed by atoms with van der Waals surface area (Å²) in [7, 11) is 0. The summed E-state index contributed by atoms with van der Waals surface area (Å²) in [6, 6.07) is 2.86. The van der Waals surface area contributed by atoms with Gasteiger partial charge in [-0.1, -0.05) is 25.4 Å². The van der Waals surface area contributed by atoms with Crippen molar-refractivity contribution in [2.45, 2.75) is 26.4 Å². The number of alkyl halides is 3. The number of nitrogens with zero attached hydrogens (tertiary/aromatic N) is 1. The van der Waals surface area contributed by atoms with Gasteiger partial charge in [-0.15, -0.1) is 0 Å². The van der Waals surface area contributed by atoms with E-state index in [2.05, 4.69) is 5.32 Å². The third-order valence-electron chi connectivity index (χ3n) is 3.12. The Hall–Kier alpha value is -1.27. The van der Waals surface area contributed by atoms with Gasteiger partial charge in [0, 0.05) is 13.0 Å². The van der Waals surface area contributed by atoms with E-state index in [0.29, 0.717) is 6.54 Å². The molecule has 0 fully saturated rings. The highest BCUT2D eigenvalue weighted by atomic mass is 35.5. The molecule has 0 unspecified atom stereocenters. The number of nitrogens with one attached hydrogen (secondary N) is 1. The zero-order valence-corrected chi connectivity index (χ0v) is 12.7. The van der Waals surface area contributed by atoms with Crippen LogP contribution in [-0.4, -0.2) is 30.4 Å². The van der Waals surface area contributed by atoms with E-state index in [9.17, 15) is 18.0 Å². The predicted molar refractivity (Wildman–Crippen MR) is 77.5 cm³/mol. The second-order valence-corrected chi connectivity index (χ2v) is 4.92. The van der Waals surface area contributed by atoms with Crippen molar-refractivity contribution in [2.24, 2.45) is 0 Å². The van der Waals surface area contributed by atoms with Gasteiger partial charge in [0.25, 0.3) is 0 Å². The van der Waals surface area contributed by atoms with Gasteiger partial charge in [-0.2, -0.15) is 13.2 Å². The fourth-order valence-electron chi connectivity index (χ4n) is 1.81. The van der Waals surface area contributed by atoms with Crippen LogP contribution in [0.15, 0.2) is 18.2 Å². The van der Waals surface area contributed by atoms with Crippen LogP contribution >= 0.6 is 11.6 Å². The molecular formula is C14H18ClF3N2O. The third-order valence-corrected chi connectivity index (χ3v) is 3.45. The van der Waals surface area contributed by atoms with Crippen LogP contribution in [0.25, 0.3) is 0 Å². The number of carbonyl (C=O) groups excluding carboxylic acids is 1. The Bertz CT molecular complexity index is 488. The molecule has 0 aliphatic carbocycles. The SMILES string of the molecule is CCN(CC)CCC(=O)Nc1cc(C(F)(F)F)ccc1Cl. The molecule has 1 aromatic carbocycles. The second kappa shape index (κ2) is 7.66. The highest BCUT2D eigenvalue weighted by molar-refractivity contribution is 6.33.